The van der Waals surface area contributed by atoms with Crippen molar-refractivity contribution in [1.29, 1.82) is 0 Å². The largest absolute Gasteiger partial charge is 0.342 e. The Labute approximate surface area is 117 Å². The minimum absolute atomic E-state index is 0.272. The Kier molecular flexibility index (Phi) is 3.95. The van der Waals surface area contributed by atoms with Crippen molar-refractivity contribution in [1.82, 2.24) is 4.90 Å². The van der Waals surface area contributed by atoms with Gasteiger partial charge in [0.05, 0.1) is 0 Å². The zero-order valence-corrected chi connectivity index (χ0v) is 12.1. The molecule has 0 radical (unpaired) electrons. The second kappa shape index (κ2) is 5.68. The highest BCUT2D eigenvalue weighted by Crippen LogP contribution is 2.45. The third kappa shape index (κ3) is 2.73. The Balaban J connectivity index is 1.70. The maximum absolute atomic E-state index is 12.7. The molecule has 0 N–H and O–H groups in total. The van der Waals surface area contributed by atoms with Gasteiger partial charge in [-0.15, -0.1) is 0 Å². The molecule has 0 aromatic heterocycles. The molecule has 2 nitrogen and oxygen atoms in total. The molecule has 19 heavy (non-hydrogen) atoms. The molecule has 0 aromatic rings. The van der Waals surface area contributed by atoms with Crippen molar-refractivity contribution in [2.24, 2.45) is 17.8 Å². The van der Waals surface area contributed by atoms with E-state index in [1.54, 1.807) is 0 Å². The summed E-state index contributed by atoms with van der Waals surface area (Å²) in [5.74, 6) is 2.13. The Morgan fingerprint density at radius 2 is 1.68 bits per heavy atom. The molecule has 3 rings (SSSR count). The molecule has 3 fully saturated rings. The van der Waals surface area contributed by atoms with Gasteiger partial charge in [0.1, 0.15) is 0 Å². The van der Waals surface area contributed by atoms with Gasteiger partial charge in [-0.05, 0) is 37.5 Å². The highest BCUT2D eigenvalue weighted by molar-refractivity contribution is 5.80. The molecule has 1 heterocycles. The van der Waals surface area contributed by atoms with Crippen molar-refractivity contribution in [3.63, 3.8) is 0 Å². The monoisotopic (exact) mass is 261 g/mol. The topological polar surface area (TPSA) is 20.3 Å². The summed E-state index contributed by atoms with van der Waals surface area (Å²) in [5.41, 5.74) is 1.33. The van der Waals surface area contributed by atoms with Crippen LogP contribution in [0.25, 0.3) is 0 Å². The van der Waals surface area contributed by atoms with Crippen LogP contribution in [0.4, 0.5) is 0 Å². The molecule has 1 amide bonds. The Bertz CT molecular complexity index is 350. The second-order valence-corrected chi connectivity index (χ2v) is 6.86. The summed E-state index contributed by atoms with van der Waals surface area (Å²) >= 11 is 0. The zero-order valence-electron chi connectivity index (χ0n) is 12.1. The molecule has 2 aliphatic carbocycles. The van der Waals surface area contributed by atoms with Gasteiger partial charge in [0.2, 0.25) is 5.91 Å². The molecule has 1 aliphatic heterocycles. The molecule has 0 unspecified atom stereocenters. The first-order valence-corrected chi connectivity index (χ1v) is 8.21. The van der Waals surface area contributed by atoms with E-state index in [1.807, 2.05) is 0 Å². The van der Waals surface area contributed by atoms with Crippen LogP contribution in [-0.2, 0) is 4.79 Å². The van der Waals surface area contributed by atoms with Crippen molar-refractivity contribution in [3.05, 3.63) is 12.2 Å². The molecular formula is C17H27NO. The zero-order chi connectivity index (χ0) is 13.2. The minimum Gasteiger partial charge on any atom is -0.342 e. The molecule has 0 bridgehead atoms. The van der Waals surface area contributed by atoms with Gasteiger partial charge >= 0.3 is 0 Å². The van der Waals surface area contributed by atoms with Crippen LogP contribution in [0.5, 0.6) is 0 Å². The third-order valence-electron chi connectivity index (χ3n) is 5.54. The maximum atomic E-state index is 12.7. The van der Waals surface area contributed by atoms with E-state index < -0.39 is 0 Å². The molecular weight excluding hydrogens is 234 g/mol. The summed E-state index contributed by atoms with van der Waals surface area (Å²) in [7, 11) is 0. The van der Waals surface area contributed by atoms with Crippen LogP contribution in [-0.4, -0.2) is 23.9 Å². The lowest BCUT2D eigenvalue weighted by molar-refractivity contribution is -0.136. The van der Waals surface area contributed by atoms with E-state index in [2.05, 4.69) is 11.5 Å². The van der Waals surface area contributed by atoms with E-state index in [-0.39, 0.29) is 5.92 Å². The number of allylic oxidation sites excluding steroid dienone is 1. The molecule has 106 valence electrons. The lowest BCUT2D eigenvalue weighted by atomic mass is 9.75. The van der Waals surface area contributed by atoms with Gasteiger partial charge in [0, 0.05) is 19.0 Å². The van der Waals surface area contributed by atoms with E-state index in [1.165, 1.54) is 50.5 Å². The molecule has 0 aromatic carbocycles. The highest BCUT2D eigenvalue weighted by Gasteiger charge is 2.41. The SMILES string of the molecule is C=C1C[C@H](C(=O)N2CCCC2)[C@@H](C2CCCCC2)C1. The average molecular weight is 261 g/mol. The lowest BCUT2D eigenvalue weighted by Gasteiger charge is -2.32. The fraction of sp³-hybridized carbons (Fsp3) is 0.824. The quantitative estimate of drug-likeness (QED) is 0.693. The smallest absolute Gasteiger partial charge is 0.226 e. The van der Waals surface area contributed by atoms with Crippen molar-refractivity contribution >= 4 is 5.91 Å². The van der Waals surface area contributed by atoms with E-state index in [0.717, 1.165) is 31.8 Å². The molecule has 1 saturated heterocycles. The van der Waals surface area contributed by atoms with Crippen LogP contribution in [0.15, 0.2) is 12.2 Å². The lowest BCUT2D eigenvalue weighted by Crippen LogP contribution is -2.37. The van der Waals surface area contributed by atoms with Gasteiger partial charge in [-0.3, -0.25) is 4.79 Å². The molecule has 2 heteroatoms. The summed E-state index contributed by atoms with van der Waals surface area (Å²) < 4.78 is 0. The van der Waals surface area contributed by atoms with Gasteiger partial charge in [-0.1, -0.05) is 44.3 Å². The van der Waals surface area contributed by atoms with Crippen LogP contribution in [0.1, 0.15) is 57.8 Å². The first kappa shape index (κ1) is 13.2. The standard InChI is InChI=1S/C17H27NO/c1-13-11-15(14-7-3-2-4-8-14)16(12-13)17(19)18-9-5-6-10-18/h14-16H,1-12H2/t15-,16+/m1/s1. The van der Waals surface area contributed by atoms with Crippen LogP contribution in [0.3, 0.4) is 0 Å². The van der Waals surface area contributed by atoms with Gasteiger partial charge in [0.15, 0.2) is 0 Å². The number of likely N-dealkylation sites (tertiary alicyclic amines) is 1. The van der Waals surface area contributed by atoms with E-state index in [0.29, 0.717) is 11.8 Å². The van der Waals surface area contributed by atoms with Gasteiger partial charge in [0.25, 0.3) is 0 Å². The average Bonchev–Trinajstić information content (AvgIpc) is 3.08. The summed E-state index contributed by atoms with van der Waals surface area (Å²) in [6.45, 7) is 6.19. The number of carbonyl (C=O) groups excluding carboxylic acids is 1. The first-order valence-electron chi connectivity index (χ1n) is 8.21. The van der Waals surface area contributed by atoms with Crippen molar-refractivity contribution in [2.45, 2.75) is 57.8 Å². The second-order valence-electron chi connectivity index (χ2n) is 6.86. The minimum atomic E-state index is 0.272. The number of rotatable bonds is 2. The number of nitrogens with zero attached hydrogens (tertiary/aromatic N) is 1. The predicted molar refractivity (Wildman–Crippen MR) is 77.7 cm³/mol. The number of hydrogen-bond acceptors (Lipinski definition) is 1. The van der Waals surface area contributed by atoms with Crippen LogP contribution in [0.2, 0.25) is 0 Å². The normalized spacial score (nSPS) is 33.1. The van der Waals surface area contributed by atoms with Gasteiger partial charge in [-0.2, -0.15) is 0 Å². The fourth-order valence-corrected chi connectivity index (χ4v) is 4.52. The third-order valence-corrected chi connectivity index (χ3v) is 5.54. The molecule has 3 aliphatic rings. The number of amides is 1. The van der Waals surface area contributed by atoms with Crippen molar-refractivity contribution in [2.75, 3.05) is 13.1 Å². The van der Waals surface area contributed by atoms with Gasteiger partial charge in [-0.25, -0.2) is 0 Å². The highest BCUT2D eigenvalue weighted by atomic mass is 16.2. The van der Waals surface area contributed by atoms with Crippen LogP contribution >= 0.6 is 0 Å². The molecule has 0 spiro atoms. The van der Waals surface area contributed by atoms with E-state index >= 15 is 0 Å². The molecule has 2 saturated carbocycles. The Hall–Kier alpha value is -0.790. The fourth-order valence-electron chi connectivity index (χ4n) is 4.52. The van der Waals surface area contributed by atoms with E-state index in [4.69, 9.17) is 0 Å². The summed E-state index contributed by atoms with van der Waals surface area (Å²) in [5, 5.41) is 0. The predicted octanol–water partition coefficient (Wildman–Crippen LogP) is 3.77. The Morgan fingerprint density at radius 3 is 2.37 bits per heavy atom. The van der Waals surface area contributed by atoms with Crippen LogP contribution in [0, 0.1) is 17.8 Å². The van der Waals surface area contributed by atoms with Crippen molar-refractivity contribution in [3.8, 4) is 0 Å². The van der Waals surface area contributed by atoms with E-state index in [9.17, 15) is 4.79 Å². The summed E-state index contributed by atoms with van der Waals surface area (Å²) in [6, 6.07) is 0. The van der Waals surface area contributed by atoms with Crippen molar-refractivity contribution < 1.29 is 4.79 Å². The maximum Gasteiger partial charge on any atom is 0.226 e. The summed E-state index contributed by atoms with van der Waals surface area (Å²) in [4.78, 5) is 14.9. The Morgan fingerprint density at radius 1 is 1.00 bits per heavy atom. The first-order chi connectivity index (χ1) is 9.25. The van der Waals surface area contributed by atoms with Crippen LogP contribution < -0.4 is 0 Å². The number of carbonyl (C=O) groups is 1. The summed E-state index contributed by atoms with van der Waals surface area (Å²) in [6.07, 6.45) is 11.3. The number of hydrogen-bond donors (Lipinski definition) is 0. The molecule has 2 atom stereocenters. The van der Waals surface area contributed by atoms with Gasteiger partial charge < -0.3 is 4.90 Å².